The van der Waals surface area contributed by atoms with E-state index in [2.05, 4.69) is 26.1 Å². The lowest BCUT2D eigenvalue weighted by Gasteiger charge is -2.50. The average Bonchev–Trinajstić information content (AvgIpc) is 2.83. The number of ether oxygens (including phenoxy) is 1. The molecule has 11 nitrogen and oxygen atoms in total. The van der Waals surface area contributed by atoms with E-state index in [1.54, 1.807) is 14.1 Å². The summed E-state index contributed by atoms with van der Waals surface area (Å²) in [5, 5.41) is 48.3. The van der Waals surface area contributed by atoms with Crippen LogP contribution < -0.4 is 15.8 Å². The highest BCUT2D eigenvalue weighted by Crippen LogP contribution is 2.54. The number of phenols is 1. The number of fused-ring (bicyclic) bond motifs is 3. The summed E-state index contributed by atoms with van der Waals surface area (Å²) in [6.45, 7) is 7.56. The first-order chi connectivity index (χ1) is 18.6. The monoisotopic (exact) mass is 557 g/mol. The quantitative estimate of drug-likeness (QED) is 0.212. The van der Waals surface area contributed by atoms with Gasteiger partial charge >= 0.3 is 0 Å². The molecule has 1 aromatic rings. The number of likely N-dealkylation sites (N-methyl/N-ethyl adjacent to an activating group) is 1. The molecule has 1 fully saturated rings. The highest BCUT2D eigenvalue weighted by molar-refractivity contribution is 6.24. The number of nitrogens with zero attached hydrogens (tertiary/aromatic N) is 1. The molecule has 1 amide bonds. The first-order valence-corrected chi connectivity index (χ1v) is 13.3. The summed E-state index contributed by atoms with van der Waals surface area (Å²) in [5.74, 6) is -6.36. The molecule has 0 heterocycles. The van der Waals surface area contributed by atoms with Crippen molar-refractivity contribution in [3.8, 4) is 11.5 Å². The zero-order valence-electron chi connectivity index (χ0n) is 23.8. The van der Waals surface area contributed by atoms with Gasteiger partial charge in [0.15, 0.2) is 11.4 Å². The van der Waals surface area contributed by atoms with Gasteiger partial charge < -0.3 is 36.2 Å². The zero-order valence-corrected chi connectivity index (χ0v) is 23.8. The molecule has 0 aliphatic heterocycles. The Morgan fingerprint density at radius 3 is 2.42 bits per heavy atom. The molecule has 3 aliphatic rings. The van der Waals surface area contributed by atoms with Crippen molar-refractivity contribution in [1.82, 2.24) is 10.2 Å². The van der Waals surface area contributed by atoms with Crippen LogP contribution in [-0.2, 0) is 27.3 Å². The zero-order chi connectivity index (χ0) is 29.9. The number of benzene rings is 1. The van der Waals surface area contributed by atoms with Gasteiger partial charge in [0, 0.05) is 29.2 Å². The van der Waals surface area contributed by atoms with E-state index in [-0.39, 0.29) is 35.1 Å². The van der Waals surface area contributed by atoms with Gasteiger partial charge in [-0.05, 0) is 57.3 Å². The number of hydrogen-bond acceptors (Lipinski definition) is 10. The maximum absolute atomic E-state index is 13.9. The molecule has 0 radical (unpaired) electrons. The van der Waals surface area contributed by atoms with Crippen LogP contribution in [0.3, 0.4) is 0 Å². The molecule has 0 bridgehead atoms. The minimum Gasteiger partial charge on any atom is -0.508 e. The van der Waals surface area contributed by atoms with Crippen molar-refractivity contribution in [1.29, 1.82) is 0 Å². The van der Waals surface area contributed by atoms with Crippen LogP contribution in [0, 0.1) is 17.3 Å². The third-order valence-electron chi connectivity index (χ3n) is 8.32. The SMILES string of the molecule is COc1c(CNCCC(C)(C)C)cc(O)c2c1C[C@H]1C[C@H]3[C@H](N(C)C)C(=O)C(C(N)=O)=C(O)[C@@]3(O)C(=O)C1=C2O. The second kappa shape index (κ2) is 10.2. The Bertz CT molecular complexity index is 1340. The molecule has 11 heteroatoms. The Balaban J connectivity index is 1.83. The first kappa shape index (κ1) is 29.6. The van der Waals surface area contributed by atoms with Crippen molar-refractivity contribution in [2.45, 2.75) is 58.2 Å². The Labute approximate surface area is 233 Å². The van der Waals surface area contributed by atoms with Gasteiger partial charge in [-0.3, -0.25) is 19.3 Å². The number of nitrogens with two attached hydrogens (primary N) is 1. The molecule has 40 heavy (non-hydrogen) atoms. The maximum Gasteiger partial charge on any atom is 0.255 e. The van der Waals surface area contributed by atoms with E-state index in [0.717, 1.165) is 13.0 Å². The minimum absolute atomic E-state index is 0.00609. The van der Waals surface area contributed by atoms with E-state index in [0.29, 0.717) is 23.4 Å². The van der Waals surface area contributed by atoms with E-state index >= 15 is 0 Å². The molecule has 0 spiro atoms. The summed E-state index contributed by atoms with van der Waals surface area (Å²) in [5.41, 5.74) is 2.98. The molecule has 218 valence electrons. The largest absolute Gasteiger partial charge is 0.508 e. The third-order valence-corrected chi connectivity index (χ3v) is 8.32. The molecule has 0 unspecified atom stereocenters. The van der Waals surface area contributed by atoms with E-state index in [9.17, 15) is 34.8 Å². The first-order valence-electron chi connectivity index (χ1n) is 13.3. The predicted molar refractivity (Wildman–Crippen MR) is 147 cm³/mol. The number of hydrogen-bond donors (Lipinski definition) is 6. The van der Waals surface area contributed by atoms with Crippen LogP contribution in [0.15, 0.2) is 23.0 Å². The molecule has 0 saturated heterocycles. The number of carbonyl (C=O) groups excluding carboxylic acids is 3. The number of ketones is 2. The van der Waals surface area contributed by atoms with E-state index in [4.69, 9.17) is 10.5 Å². The fourth-order valence-electron chi connectivity index (χ4n) is 6.43. The number of carbonyl (C=O) groups is 3. The summed E-state index contributed by atoms with van der Waals surface area (Å²) in [6, 6.07) is 0.333. The van der Waals surface area contributed by atoms with Crippen molar-refractivity contribution in [2.75, 3.05) is 27.7 Å². The van der Waals surface area contributed by atoms with Crippen molar-refractivity contribution in [2.24, 2.45) is 23.0 Å². The number of aliphatic hydroxyl groups excluding tert-OH is 2. The van der Waals surface area contributed by atoms with Crippen LogP contribution in [-0.4, -0.2) is 82.2 Å². The molecular weight excluding hydrogens is 518 g/mol. The number of nitrogens with one attached hydrogen (secondary N) is 1. The lowest BCUT2D eigenvalue weighted by molar-refractivity contribution is -0.153. The van der Waals surface area contributed by atoms with Gasteiger partial charge in [0.25, 0.3) is 5.91 Å². The minimum atomic E-state index is -2.67. The van der Waals surface area contributed by atoms with Crippen LogP contribution >= 0.6 is 0 Å². The summed E-state index contributed by atoms with van der Waals surface area (Å²) in [7, 11) is 4.61. The molecule has 0 aromatic heterocycles. The summed E-state index contributed by atoms with van der Waals surface area (Å²) < 4.78 is 5.73. The summed E-state index contributed by atoms with van der Waals surface area (Å²) in [4.78, 5) is 40.7. The smallest absolute Gasteiger partial charge is 0.255 e. The summed E-state index contributed by atoms with van der Waals surface area (Å²) in [6.07, 6.45) is 1.11. The molecule has 1 saturated carbocycles. The normalized spacial score (nSPS) is 26.6. The van der Waals surface area contributed by atoms with Crippen LogP contribution in [0.1, 0.15) is 50.3 Å². The van der Waals surface area contributed by atoms with Crippen LogP contribution in [0.2, 0.25) is 0 Å². The molecule has 4 rings (SSSR count). The Kier molecular flexibility index (Phi) is 7.55. The fourth-order valence-corrected chi connectivity index (χ4v) is 6.43. The lowest BCUT2D eigenvalue weighted by Crippen LogP contribution is -2.65. The molecular formula is C29H39N3O8. The van der Waals surface area contributed by atoms with E-state index < -0.39 is 58.0 Å². The van der Waals surface area contributed by atoms with Crippen molar-refractivity contribution in [3.63, 3.8) is 0 Å². The summed E-state index contributed by atoms with van der Waals surface area (Å²) >= 11 is 0. The maximum atomic E-state index is 13.9. The fraction of sp³-hybridized carbons (Fsp3) is 0.552. The third kappa shape index (κ3) is 4.55. The predicted octanol–water partition coefficient (Wildman–Crippen LogP) is 1.50. The number of methoxy groups -OCH3 is 1. The van der Waals surface area contributed by atoms with E-state index in [1.165, 1.54) is 18.1 Å². The molecule has 1 aromatic carbocycles. The van der Waals surface area contributed by atoms with Crippen LogP contribution in [0.4, 0.5) is 0 Å². The van der Waals surface area contributed by atoms with Gasteiger partial charge in [0.2, 0.25) is 5.78 Å². The highest BCUT2D eigenvalue weighted by Gasteiger charge is 2.64. The average molecular weight is 558 g/mol. The van der Waals surface area contributed by atoms with Crippen LogP contribution in [0.5, 0.6) is 11.5 Å². The molecule has 7 N–H and O–H groups in total. The number of Topliss-reactive ketones (excluding diaryl/α,β-unsaturated/α-hetero) is 2. The highest BCUT2D eigenvalue weighted by atomic mass is 16.5. The van der Waals surface area contributed by atoms with Gasteiger partial charge in [-0.25, -0.2) is 0 Å². The topological polar surface area (TPSA) is 183 Å². The van der Waals surface area contributed by atoms with Crippen LogP contribution in [0.25, 0.3) is 5.76 Å². The number of rotatable bonds is 7. The number of aliphatic hydroxyl groups is 3. The van der Waals surface area contributed by atoms with Crippen molar-refractivity contribution < 1.29 is 39.5 Å². The molecule has 3 aliphatic carbocycles. The lowest BCUT2D eigenvalue weighted by atomic mass is 9.57. The Morgan fingerprint density at radius 2 is 1.88 bits per heavy atom. The number of aromatic hydroxyl groups is 1. The Hall–Kier alpha value is -3.41. The van der Waals surface area contributed by atoms with Gasteiger partial charge in [0.1, 0.15) is 28.6 Å². The number of primary amides is 1. The standard InChI is InChI=1S/C29H39N3O8/c1-28(2,3)7-8-31-12-14-11-17(33)19-15(24(14)40-6)9-13-10-16-21(32(4)5)23(35)20(27(30)38)26(37)29(16,39)25(36)18(13)22(19)34/h11,13,16,21,31,33-34,37,39H,7-10,12H2,1-6H3,(H2,30,38)/t13-,16-,21-,29-/m0/s1. The second-order valence-corrected chi connectivity index (χ2v) is 12.4. The van der Waals surface area contributed by atoms with E-state index in [1.807, 2.05) is 0 Å². The van der Waals surface area contributed by atoms with Gasteiger partial charge in [-0.2, -0.15) is 0 Å². The van der Waals surface area contributed by atoms with Gasteiger partial charge in [0.05, 0.1) is 18.7 Å². The molecule has 4 atom stereocenters. The second-order valence-electron chi connectivity index (χ2n) is 12.4. The number of amides is 1. The van der Waals surface area contributed by atoms with Gasteiger partial charge in [-0.15, -0.1) is 0 Å². The van der Waals surface area contributed by atoms with Crippen molar-refractivity contribution in [3.05, 3.63) is 39.7 Å². The Morgan fingerprint density at radius 1 is 1.23 bits per heavy atom. The van der Waals surface area contributed by atoms with Crippen molar-refractivity contribution >= 4 is 23.2 Å². The number of phenolic OH excluding ortho intramolecular Hbond substituents is 1. The van der Waals surface area contributed by atoms with Gasteiger partial charge in [-0.1, -0.05) is 20.8 Å².